The minimum Gasteiger partial charge on any atom is -0.454 e. The second kappa shape index (κ2) is 10.7. The van der Waals surface area contributed by atoms with E-state index in [0.717, 1.165) is 12.1 Å². The summed E-state index contributed by atoms with van der Waals surface area (Å²) in [7, 11) is 0. The molecule has 2 amide bonds. The normalized spacial score (nSPS) is 18.0. The van der Waals surface area contributed by atoms with E-state index in [1.54, 1.807) is 48.5 Å². The number of amides is 2. The number of Topliss-reactive ketones (excluding diaryl/α,β-unsaturated/α-hetero) is 1. The van der Waals surface area contributed by atoms with Crippen molar-refractivity contribution in [1.82, 2.24) is 4.98 Å². The molecule has 2 atom stereocenters. The highest BCUT2D eigenvalue weighted by atomic mass is 35.5. The van der Waals surface area contributed by atoms with Crippen molar-refractivity contribution in [3.8, 4) is 11.3 Å². The Hall–Kier alpha value is -4.69. The predicted molar refractivity (Wildman–Crippen MR) is 151 cm³/mol. The Kier molecular flexibility index (Phi) is 6.93. The molecule has 2 aliphatic rings. The van der Waals surface area contributed by atoms with Crippen LogP contribution in [0.25, 0.3) is 22.2 Å². The largest absolute Gasteiger partial charge is 0.454 e. The SMILES string of the molecule is O=C(COC(=O)c1cc(-c2ccc(N3C(=O)[C@H]4CC=CC[C@@H]4C3=O)cc2)nc2c(Cl)cccc12)c1ccc(F)cc1. The van der Waals surface area contributed by atoms with E-state index >= 15 is 0 Å². The van der Waals surface area contributed by atoms with E-state index in [1.807, 2.05) is 12.2 Å². The van der Waals surface area contributed by atoms with Crippen LogP contribution in [0.4, 0.5) is 10.1 Å². The molecule has 0 saturated carbocycles. The van der Waals surface area contributed by atoms with Crippen LogP contribution in [0.1, 0.15) is 33.6 Å². The molecule has 41 heavy (non-hydrogen) atoms. The van der Waals surface area contributed by atoms with E-state index < -0.39 is 24.2 Å². The summed E-state index contributed by atoms with van der Waals surface area (Å²) in [5, 5.41) is 0.767. The number of halogens is 2. The highest BCUT2D eigenvalue weighted by Gasteiger charge is 2.47. The Labute approximate surface area is 239 Å². The van der Waals surface area contributed by atoms with Gasteiger partial charge in [0, 0.05) is 16.5 Å². The van der Waals surface area contributed by atoms with Gasteiger partial charge < -0.3 is 4.74 Å². The minimum atomic E-state index is -0.752. The molecule has 7 nitrogen and oxygen atoms in total. The van der Waals surface area contributed by atoms with Gasteiger partial charge in [-0.1, -0.05) is 48.0 Å². The Balaban J connectivity index is 1.29. The molecular weight excluding hydrogens is 547 g/mol. The van der Waals surface area contributed by atoms with Crippen molar-refractivity contribution >= 4 is 51.8 Å². The van der Waals surface area contributed by atoms with Crippen molar-refractivity contribution in [1.29, 1.82) is 0 Å². The summed E-state index contributed by atoms with van der Waals surface area (Å²) in [5.74, 6) is -2.78. The quantitative estimate of drug-likeness (QED) is 0.119. The number of hydrogen-bond acceptors (Lipinski definition) is 6. The highest BCUT2D eigenvalue weighted by molar-refractivity contribution is 6.35. The van der Waals surface area contributed by atoms with Crippen molar-refractivity contribution in [3.63, 3.8) is 0 Å². The Morgan fingerprint density at radius 2 is 1.59 bits per heavy atom. The first-order chi connectivity index (χ1) is 19.8. The number of ketones is 1. The summed E-state index contributed by atoms with van der Waals surface area (Å²) < 4.78 is 18.5. The molecule has 9 heteroatoms. The van der Waals surface area contributed by atoms with Gasteiger partial charge >= 0.3 is 5.97 Å². The number of fused-ring (bicyclic) bond motifs is 2. The van der Waals surface area contributed by atoms with Gasteiger partial charge in [-0.3, -0.25) is 19.3 Å². The lowest BCUT2D eigenvalue weighted by Crippen LogP contribution is -2.30. The van der Waals surface area contributed by atoms with Crippen molar-refractivity contribution < 1.29 is 28.3 Å². The maximum absolute atomic E-state index is 13.2. The van der Waals surface area contributed by atoms with Gasteiger partial charge in [0.2, 0.25) is 11.8 Å². The summed E-state index contributed by atoms with van der Waals surface area (Å²) in [6.07, 6.45) is 4.99. The highest BCUT2D eigenvalue weighted by Crippen LogP contribution is 2.38. The molecule has 1 saturated heterocycles. The molecule has 6 rings (SSSR count). The molecule has 0 spiro atoms. The second-order valence-electron chi connectivity index (χ2n) is 9.91. The fourth-order valence-corrected chi connectivity index (χ4v) is 5.51. The van der Waals surface area contributed by atoms with Crippen LogP contribution in [0.15, 0.2) is 84.9 Å². The predicted octanol–water partition coefficient (Wildman–Crippen LogP) is 6.19. The summed E-state index contributed by atoms with van der Waals surface area (Å²) in [4.78, 5) is 57.5. The van der Waals surface area contributed by atoms with Gasteiger partial charge in [-0.2, -0.15) is 0 Å². The standard InChI is InChI=1S/C32H22ClFN2O5/c33-26-7-3-6-22-25(32(40)41-17-28(37)19-8-12-20(34)13-9-19)16-27(35-29(22)26)18-10-14-21(15-11-18)36-30(38)23-4-1-2-5-24(23)31(36)39/h1-3,6-16,23-24H,4-5,17H2/t23-,24-/m0/s1. The van der Waals surface area contributed by atoms with Gasteiger partial charge in [-0.25, -0.2) is 14.2 Å². The second-order valence-corrected chi connectivity index (χ2v) is 10.3. The van der Waals surface area contributed by atoms with Gasteiger partial charge in [0.25, 0.3) is 0 Å². The Morgan fingerprint density at radius 1 is 0.927 bits per heavy atom. The number of anilines is 1. The van der Waals surface area contributed by atoms with Crippen LogP contribution in [-0.2, 0) is 14.3 Å². The number of imide groups is 1. The first-order valence-corrected chi connectivity index (χ1v) is 13.4. The van der Waals surface area contributed by atoms with E-state index in [4.69, 9.17) is 16.3 Å². The number of para-hydroxylation sites is 1. The molecule has 0 N–H and O–H groups in total. The number of nitrogens with zero attached hydrogens (tertiary/aromatic N) is 2. The van der Waals surface area contributed by atoms with E-state index in [-0.39, 0.29) is 34.8 Å². The molecule has 0 bridgehead atoms. The van der Waals surface area contributed by atoms with Crippen LogP contribution in [-0.4, -0.2) is 35.2 Å². The van der Waals surface area contributed by atoms with Crippen LogP contribution < -0.4 is 4.90 Å². The lowest BCUT2D eigenvalue weighted by atomic mass is 9.85. The number of rotatable bonds is 6. The molecular formula is C32H22ClFN2O5. The molecule has 204 valence electrons. The molecule has 1 aliphatic heterocycles. The third kappa shape index (κ3) is 4.91. The fourth-order valence-electron chi connectivity index (χ4n) is 5.29. The van der Waals surface area contributed by atoms with Gasteiger partial charge in [0.1, 0.15) is 5.82 Å². The molecule has 1 aromatic heterocycles. The molecule has 4 aromatic rings. The van der Waals surface area contributed by atoms with Gasteiger partial charge in [-0.05, 0) is 61.4 Å². The average molecular weight is 569 g/mol. The van der Waals surface area contributed by atoms with Gasteiger partial charge in [0.05, 0.1) is 39.3 Å². The number of esters is 1. The van der Waals surface area contributed by atoms with Gasteiger partial charge in [0.15, 0.2) is 12.4 Å². The smallest absolute Gasteiger partial charge is 0.339 e. The average Bonchev–Trinajstić information content (AvgIpc) is 3.25. The molecule has 0 radical (unpaired) electrons. The monoisotopic (exact) mass is 568 g/mol. The molecule has 3 aromatic carbocycles. The van der Waals surface area contributed by atoms with Crippen LogP contribution in [0.3, 0.4) is 0 Å². The van der Waals surface area contributed by atoms with Crippen LogP contribution in [0, 0.1) is 17.7 Å². The van der Waals surface area contributed by atoms with Crippen molar-refractivity contribution in [2.24, 2.45) is 11.8 Å². The van der Waals surface area contributed by atoms with Crippen LogP contribution in [0.5, 0.6) is 0 Å². The first kappa shape index (κ1) is 26.5. The Morgan fingerprint density at radius 3 is 2.24 bits per heavy atom. The number of ether oxygens (including phenoxy) is 1. The van der Waals surface area contributed by atoms with E-state index in [0.29, 0.717) is 45.7 Å². The molecule has 1 fully saturated rings. The lowest BCUT2D eigenvalue weighted by Gasteiger charge is -2.16. The summed E-state index contributed by atoms with van der Waals surface area (Å²) >= 11 is 6.43. The molecule has 0 unspecified atom stereocenters. The number of pyridine rings is 1. The zero-order valence-corrected chi connectivity index (χ0v) is 22.3. The van der Waals surface area contributed by atoms with E-state index in [1.165, 1.54) is 17.0 Å². The first-order valence-electron chi connectivity index (χ1n) is 13.0. The minimum absolute atomic E-state index is 0.157. The van der Waals surface area contributed by atoms with Crippen molar-refractivity contribution in [2.45, 2.75) is 12.8 Å². The summed E-state index contributed by atoms with van der Waals surface area (Å²) in [6.45, 7) is -0.533. The Bertz CT molecular complexity index is 1720. The molecule has 1 aliphatic carbocycles. The third-order valence-electron chi connectivity index (χ3n) is 7.44. The molecule has 2 heterocycles. The third-order valence-corrected chi connectivity index (χ3v) is 7.74. The van der Waals surface area contributed by atoms with Gasteiger partial charge in [-0.15, -0.1) is 0 Å². The zero-order valence-electron chi connectivity index (χ0n) is 21.6. The number of benzene rings is 3. The van der Waals surface area contributed by atoms with E-state index in [9.17, 15) is 23.6 Å². The van der Waals surface area contributed by atoms with Crippen molar-refractivity contribution in [3.05, 3.63) is 107 Å². The lowest BCUT2D eigenvalue weighted by molar-refractivity contribution is -0.122. The summed E-state index contributed by atoms with van der Waals surface area (Å²) in [5.41, 5.74) is 2.24. The van der Waals surface area contributed by atoms with Crippen molar-refractivity contribution in [2.75, 3.05) is 11.5 Å². The number of carbonyl (C=O) groups excluding carboxylic acids is 4. The van der Waals surface area contributed by atoms with E-state index in [2.05, 4.69) is 4.98 Å². The maximum atomic E-state index is 13.2. The number of hydrogen-bond donors (Lipinski definition) is 0. The number of allylic oxidation sites excluding steroid dienone is 2. The zero-order chi connectivity index (χ0) is 28.7. The summed E-state index contributed by atoms with van der Waals surface area (Å²) in [6, 6.07) is 18.3. The number of carbonyl (C=O) groups is 4. The topological polar surface area (TPSA) is 93.6 Å². The number of aromatic nitrogens is 1. The van der Waals surface area contributed by atoms with Crippen LogP contribution in [0.2, 0.25) is 5.02 Å². The maximum Gasteiger partial charge on any atom is 0.339 e. The fraction of sp³-hybridized carbons (Fsp3) is 0.156. The van der Waals surface area contributed by atoms with Crippen LogP contribution >= 0.6 is 11.6 Å².